The summed E-state index contributed by atoms with van der Waals surface area (Å²) in [6.07, 6.45) is 0.578. The number of benzene rings is 5. The van der Waals surface area contributed by atoms with Crippen molar-refractivity contribution < 1.29 is 4.74 Å². The molecule has 0 aromatic heterocycles. The number of hydrogen-bond donors (Lipinski definition) is 0. The van der Waals surface area contributed by atoms with Gasteiger partial charge in [0, 0.05) is 17.5 Å². The van der Waals surface area contributed by atoms with E-state index < -0.39 is 0 Å². The van der Waals surface area contributed by atoms with Crippen molar-refractivity contribution in [3.05, 3.63) is 150 Å². The van der Waals surface area contributed by atoms with Crippen molar-refractivity contribution in [1.29, 1.82) is 0 Å². The molecule has 0 saturated heterocycles. The summed E-state index contributed by atoms with van der Waals surface area (Å²) >= 11 is 0. The highest BCUT2D eigenvalue weighted by molar-refractivity contribution is 6.02. The molecule has 5 aromatic rings. The van der Waals surface area contributed by atoms with E-state index in [1.54, 1.807) is 0 Å². The highest BCUT2D eigenvalue weighted by atomic mass is 16.5. The topological polar surface area (TPSA) is 24.8 Å². The average Bonchev–Trinajstić information content (AvgIpc) is 3.44. The van der Waals surface area contributed by atoms with Crippen molar-refractivity contribution >= 4 is 5.71 Å². The maximum absolute atomic E-state index is 6.56. The van der Waals surface area contributed by atoms with E-state index in [1.165, 1.54) is 27.8 Å². The van der Waals surface area contributed by atoms with Gasteiger partial charge < -0.3 is 4.74 Å². The predicted octanol–water partition coefficient (Wildman–Crippen LogP) is 8.26. The predicted molar refractivity (Wildman–Crippen MR) is 149 cm³/mol. The van der Waals surface area contributed by atoms with Crippen LogP contribution in [0.25, 0.3) is 22.3 Å². The lowest BCUT2D eigenvalue weighted by atomic mass is 9.95. The summed E-state index contributed by atoms with van der Waals surface area (Å²) < 4.78 is 6.56. The molecule has 0 amide bonds. The van der Waals surface area contributed by atoms with Crippen LogP contribution in [0, 0.1) is 0 Å². The van der Waals surface area contributed by atoms with Gasteiger partial charge in [-0.25, -0.2) is 5.01 Å². The van der Waals surface area contributed by atoms with Gasteiger partial charge in [0.1, 0.15) is 5.75 Å². The smallest absolute Gasteiger partial charge is 0.213 e. The molecule has 2 heterocycles. The Hall–Kier alpha value is -4.63. The number of para-hydroxylation sites is 1. The zero-order chi connectivity index (χ0) is 24.6. The maximum atomic E-state index is 6.56. The molecule has 0 fully saturated rings. The Morgan fingerprint density at radius 1 is 0.541 bits per heavy atom. The van der Waals surface area contributed by atoms with Crippen LogP contribution in [-0.2, 0) is 0 Å². The number of hydrazone groups is 1. The van der Waals surface area contributed by atoms with Gasteiger partial charge in [0.05, 0.1) is 11.8 Å². The van der Waals surface area contributed by atoms with Gasteiger partial charge in [0.15, 0.2) is 0 Å². The monoisotopic (exact) mass is 478 g/mol. The zero-order valence-corrected chi connectivity index (χ0v) is 20.4. The zero-order valence-electron chi connectivity index (χ0n) is 20.4. The van der Waals surface area contributed by atoms with E-state index in [4.69, 9.17) is 9.84 Å². The second kappa shape index (κ2) is 9.11. The lowest BCUT2D eigenvalue weighted by molar-refractivity contribution is -0.0190. The quantitative estimate of drug-likeness (QED) is 0.260. The molecular formula is C34H26N2O. The van der Waals surface area contributed by atoms with Gasteiger partial charge in [-0.05, 0) is 33.9 Å². The van der Waals surface area contributed by atoms with Crippen LogP contribution in [0.3, 0.4) is 0 Å². The van der Waals surface area contributed by atoms with E-state index in [9.17, 15) is 0 Å². The molecule has 0 saturated carbocycles. The Labute approximate surface area is 217 Å². The van der Waals surface area contributed by atoms with Crippen LogP contribution in [-0.4, -0.2) is 10.7 Å². The van der Waals surface area contributed by atoms with Gasteiger partial charge in [-0.2, -0.15) is 5.10 Å². The molecule has 0 radical (unpaired) electrons. The Bertz CT molecular complexity index is 1560. The molecule has 37 heavy (non-hydrogen) atoms. The SMILES string of the molecule is c1ccc(-c2ccc(C3=NN4[C@@H](C3)c3ccccc3O[C@H]4c3ccc(-c4ccccc4)cc3)cc2)cc1. The summed E-state index contributed by atoms with van der Waals surface area (Å²) in [6.45, 7) is 0. The molecule has 0 aliphatic carbocycles. The summed E-state index contributed by atoms with van der Waals surface area (Å²) in [7, 11) is 0. The van der Waals surface area contributed by atoms with E-state index in [2.05, 4.69) is 120 Å². The molecule has 0 unspecified atom stereocenters. The Kier molecular flexibility index (Phi) is 5.32. The van der Waals surface area contributed by atoms with Crippen molar-refractivity contribution in [3.63, 3.8) is 0 Å². The number of rotatable bonds is 4. The number of ether oxygens (including phenoxy) is 1. The minimum absolute atomic E-state index is 0.146. The molecule has 5 aromatic carbocycles. The van der Waals surface area contributed by atoms with Gasteiger partial charge in [0.25, 0.3) is 0 Å². The van der Waals surface area contributed by atoms with Crippen molar-refractivity contribution in [2.45, 2.75) is 18.7 Å². The Morgan fingerprint density at radius 2 is 1.05 bits per heavy atom. The Balaban J connectivity index is 1.22. The summed E-state index contributed by atoms with van der Waals surface area (Å²) in [5.41, 5.74) is 9.39. The summed E-state index contributed by atoms with van der Waals surface area (Å²) in [6, 6.07) is 46.9. The van der Waals surface area contributed by atoms with E-state index in [0.717, 1.165) is 29.0 Å². The van der Waals surface area contributed by atoms with Crippen molar-refractivity contribution in [2.75, 3.05) is 0 Å². The molecule has 0 bridgehead atoms. The molecular weight excluding hydrogens is 452 g/mol. The van der Waals surface area contributed by atoms with Gasteiger partial charge >= 0.3 is 0 Å². The fourth-order valence-electron chi connectivity index (χ4n) is 5.39. The molecule has 2 aliphatic heterocycles. The van der Waals surface area contributed by atoms with Gasteiger partial charge in [-0.15, -0.1) is 0 Å². The summed E-state index contributed by atoms with van der Waals surface area (Å²) in [5.74, 6) is 0.941. The number of fused-ring (bicyclic) bond motifs is 3. The largest absolute Gasteiger partial charge is 0.464 e. The molecule has 7 rings (SSSR count). The number of nitrogens with zero attached hydrogens (tertiary/aromatic N) is 2. The normalized spacial score (nSPS) is 17.9. The lowest BCUT2D eigenvalue weighted by Gasteiger charge is -2.38. The first-order chi connectivity index (χ1) is 18.3. The van der Waals surface area contributed by atoms with Gasteiger partial charge in [0.2, 0.25) is 6.23 Å². The second-order valence-corrected chi connectivity index (χ2v) is 9.59. The first kappa shape index (κ1) is 21.6. The van der Waals surface area contributed by atoms with E-state index in [0.29, 0.717) is 0 Å². The van der Waals surface area contributed by atoms with Crippen LogP contribution >= 0.6 is 0 Å². The minimum atomic E-state index is -0.272. The fraction of sp³-hybridized carbons (Fsp3) is 0.0882. The maximum Gasteiger partial charge on any atom is 0.213 e. The van der Waals surface area contributed by atoms with Crippen molar-refractivity contribution in [3.8, 4) is 28.0 Å². The van der Waals surface area contributed by atoms with Gasteiger partial charge in [-0.1, -0.05) is 127 Å². The molecule has 0 spiro atoms. The molecule has 2 atom stereocenters. The van der Waals surface area contributed by atoms with E-state index in [-0.39, 0.29) is 12.3 Å². The fourth-order valence-corrected chi connectivity index (χ4v) is 5.39. The Morgan fingerprint density at radius 3 is 1.70 bits per heavy atom. The average molecular weight is 479 g/mol. The first-order valence-electron chi connectivity index (χ1n) is 12.8. The molecule has 0 N–H and O–H groups in total. The van der Waals surface area contributed by atoms with E-state index in [1.807, 2.05) is 18.2 Å². The lowest BCUT2D eigenvalue weighted by Crippen LogP contribution is -2.33. The van der Waals surface area contributed by atoms with Gasteiger partial charge in [-0.3, -0.25) is 0 Å². The molecule has 2 aliphatic rings. The van der Waals surface area contributed by atoms with Crippen LogP contribution in [0.4, 0.5) is 0 Å². The molecule has 3 nitrogen and oxygen atoms in total. The van der Waals surface area contributed by atoms with Crippen LogP contribution in [0.15, 0.2) is 139 Å². The molecule has 3 heteroatoms. The van der Waals surface area contributed by atoms with Crippen LogP contribution in [0.5, 0.6) is 5.75 Å². The second-order valence-electron chi connectivity index (χ2n) is 9.59. The first-order valence-corrected chi connectivity index (χ1v) is 12.8. The minimum Gasteiger partial charge on any atom is -0.464 e. The van der Waals surface area contributed by atoms with Crippen molar-refractivity contribution in [2.24, 2.45) is 5.10 Å². The van der Waals surface area contributed by atoms with E-state index >= 15 is 0 Å². The third-order valence-corrected chi connectivity index (χ3v) is 7.33. The van der Waals surface area contributed by atoms with Crippen LogP contribution in [0.1, 0.15) is 35.4 Å². The highest BCUT2D eigenvalue weighted by Gasteiger charge is 2.40. The van der Waals surface area contributed by atoms with Crippen molar-refractivity contribution in [1.82, 2.24) is 5.01 Å². The molecule has 178 valence electrons. The third-order valence-electron chi connectivity index (χ3n) is 7.33. The van der Waals surface area contributed by atoms with Crippen LogP contribution in [0.2, 0.25) is 0 Å². The standard InChI is InChI=1S/C34H26N2O/c1-3-9-24(10-4-1)26-15-19-28(20-16-26)31-23-32-30-13-7-8-14-33(30)37-34(36(32)35-31)29-21-17-27(18-22-29)25-11-5-2-6-12-25/h1-22,32,34H,23H2/t32-,34-/m0/s1. The third kappa shape index (κ3) is 3.99. The van der Waals surface area contributed by atoms with Crippen LogP contribution < -0.4 is 4.74 Å². The number of hydrogen-bond acceptors (Lipinski definition) is 3. The highest BCUT2D eigenvalue weighted by Crippen LogP contribution is 2.47. The summed E-state index contributed by atoms with van der Waals surface area (Å²) in [5, 5.41) is 7.30. The summed E-state index contributed by atoms with van der Waals surface area (Å²) in [4.78, 5) is 0.